The van der Waals surface area contributed by atoms with Crippen LogP contribution in [0, 0.1) is 17.0 Å². The number of pyridine rings is 2. The molecule has 2 aliphatic rings. The number of ether oxygens (including phenoxy) is 2. The molecule has 1 aliphatic carbocycles. The molecule has 1 saturated heterocycles. The molecule has 1 saturated carbocycles. The van der Waals surface area contributed by atoms with Crippen molar-refractivity contribution in [3.05, 3.63) is 78.6 Å². The first-order chi connectivity index (χ1) is 21.2. The van der Waals surface area contributed by atoms with E-state index in [0.29, 0.717) is 29.1 Å². The fraction of sp³-hybridized carbons (Fsp3) is 0.312. The molecule has 2 aromatic carbocycles. The van der Waals surface area contributed by atoms with Crippen molar-refractivity contribution in [2.24, 2.45) is 11.1 Å². The molecule has 12 heteroatoms. The Bertz CT molecular complexity index is 1690. The average Bonchev–Trinajstić information content (AvgIpc) is 3.83. The number of likely N-dealkylation sites (N-methyl/N-ethyl adjacent to an activating group) is 1. The maximum absolute atomic E-state index is 15.5. The van der Waals surface area contributed by atoms with E-state index in [1.54, 1.807) is 24.5 Å². The van der Waals surface area contributed by atoms with Crippen LogP contribution in [0.25, 0.3) is 10.9 Å². The van der Waals surface area contributed by atoms with Crippen LogP contribution >= 0.6 is 0 Å². The molecule has 0 atom stereocenters. The second kappa shape index (κ2) is 12.1. The van der Waals surface area contributed by atoms with Crippen LogP contribution in [-0.4, -0.2) is 78.0 Å². The van der Waals surface area contributed by atoms with Gasteiger partial charge in [0.2, 0.25) is 17.7 Å². The van der Waals surface area contributed by atoms with E-state index in [1.807, 2.05) is 0 Å². The first-order valence-corrected chi connectivity index (χ1v) is 14.4. The minimum Gasteiger partial charge on any atom is -0.476 e. The summed E-state index contributed by atoms with van der Waals surface area (Å²) in [6.07, 6.45) is 3.69. The number of carbonyl (C=O) groups excluding carboxylic acids is 2. The van der Waals surface area contributed by atoms with Crippen molar-refractivity contribution in [3.63, 3.8) is 0 Å². The monoisotopic (exact) mass is 602 g/mol. The standard InChI is InChI=1S/C32H32F2N6O4/c1-38-12-14-39(15-13-38)16-17-43-29-19-26-24(20-37-29)27(8-11-36-26)44-28-7-6-23(18-25(28)34)40(22-4-2-21(33)3-5-22)31(42)32(9-10-32)30(35)41/h2-8,11,18-20H,9-10,12-17H2,1H3,(H2,35,41). The Morgan fingerprint density at radius 1 is 0.955 bits per heavy atom. The number of benzene rings is 2. The molecule has 6 rings (SSSR count). The van der Waals surface area contributed by atoms with E-state index in [4.69, 9.17) is 15.2 Å². The first kappa shape index (κ1) is 29.4. The van der Waals surface area contributed by atoms with Crippen LogP contribution in [0.3, 0.4) is 0 Å². The smallest absolute Gasteiger partial charge is 0.247 e. The van der Waals surface area contributed by atoms with Crippen LogP contribution in [0.5, 0.6) is 17.4 Å². The van der Waals surface area contributed by atoms with Crippen molar-refractivity contribution in [2.75, 3.05) is 51.3 Å². The van der Waals surface area contributed by atoms with Crippen molar-refractivity contribution < 1.29 is 27.8 Å². The third kappa shape index (κ3) is 6.03. The van der Waals surface area contributed by atoms with Crippen LogP contribution in [0.15, 0.2) is 67.0 Å². The summed E-state index contributed by atoms with van der Waals surface area (Å²) in [5.41, 5.74) is 5.14. The highest BCUT2D eigenvalue weighted by Gasteiger charge is 2.57. The van der Waals surface area contributed by atoms with E-state index >= 15 is 4.39 Å². The molecule has 0 unspecified atom stereocenters. The van der Waals surface area contributed by atoms with Gasteiger partial charge < -0.3 is 20.1 Å². The van der Waals surface area contributed by atoms with Crippen LogP contribution < -0.4 is 20.1 Å². The molecule has 10 nitrogen and oxygen atoms in total. The number of nitrogens with zero attached hydrogens (tertiary/aromatic N) is 5. The van der Waals surface area contributed by atoms with Gasteiger partial charge in [-0.25, -0.2) is 13.8 Å². The summed E-state index contributed by atoms with van der Waals surface area (Å²) >= 11 is 0. The topological polar surface area (TPSA) is 114 Å². The molecular weight excluding hydrogens is 570 g/mol. The van der Waals surface area contributed by atoms with Gasteiger partial charge in [-0.15, -0.1) is 0 Å². The van der Waals surface area contributed by atoms with Crippen molar-refractivity contribution in [1.82, 2.24) is 19.8 Å². The summed E-state index contributed by atoms with van der Waals surface area (Å²) in [5.74, 6) is -1.95. The Morgan fingerprint density at radius 2 is 1.68 bits per heavy atom. The van der Waals surface area contributed by atoms with E-state index in [2.05, 4.69) is 26.8 Å². The minimum absolute atomic E-state index is 0.101. The predicted molar refractivity (Wildman–Crippen MR) is 160 cm³/mol. The highest BCUT2D eigenvalue weighted by atomic mass is 19.1. The van der Waals surface area contributed by atoms with Gasteiger partial charge in [0.15, 0.2) is 11.6 Å². The molecule has 1 aliphatic heterocycles. The molecule has 0 radical (unpaired) electrons. The zero-order valence-corrected chi connectivity index (χ0v) is 24.2. The van der Waals surface area contributed by atoms with Crippen LogP contribution in [0.2, 0.25) is 0 Å². The molecule has 3 heterocycles. The molecule has 2 aromatic heterocycles. The van der Waals surface area contributed by atoms with Crippen LogP contribution in [0.1, 0.15) is 12.8 Å². The lowest BCUT2D eigenvalue weighted by atomic mass is 10.0. The quantitative estimate of drug-likeness (QED) is 0.268. The normalized spacial score (nSPS) is 16.4. The lowest BCUT2D eigenvalue weighted by Crippen LogP contribution is -2.45. The summed E-state index contributed by atoms with van der Waals surface area (Å²) in [6, 6.07) is 12.4. The SMILES string of the molecule is CN1CCN(CCOc2cc3nccc(Oc4ccc(N(C(=O)C5(C(N)=O)CC5)c5ccc(F)cc5)cc4F)c3cn2)CC1. The average molecular weight is 603 g/mol. The number of halogens is 2. The van der Waals surface area contributed by atoms with Crippen LogP contribution in [-0.2, 0) is 9.59 Å². The Kier molecular flexibility index (Phi) is 8.11. The van der Waals surface area contributed by atoms with Crippen molar-refractivity contribution >= 4 is 34.1 Å². The Labute approximate surface area is 253 Å². The molecule has 2 fully saturated rings. The fourth-order valence-corrected chi connectivity index (χ4v) is 5.23. The first-order valence-electron chi connectivity index (χ1n) is 14.4. The van der Waals surface area contributed by atoms with Gasteiger partial charge in [-0.05, 0) is 62.4 Å². The van der Waals surface area contributed by atoms with E-state index in [-0.39, 0.29) is 30.0 Å². The summed E-state index contributed by atoms with van der Waals surface area (Å²) in [6.45, 7) is 5.36. The largest absolute Gasteiger partial charge is 0.476 e. The molecule has 2 amide bonds. The van der Waals surface area contributed by atoms with Gasteiger partial charge in [-0.3, -0.25) is 24.4 Å². The molecule has 44 heavy (non-hydrogen) atoms. The summed E-state index contributed by atoms with van der Waals surface area (Å²) in [7, 11) is 2.12. The number of piperazine rings is 1. The number of carbonyl (C=O) groups is 2. The molecular formula is C32H32F2N6O4. The maximum atomic E-state index is 15.5. The summed E-state index contributed by atoms with van der Waals surface area (Å²) < 4.78 is 41.0. The van der Waals surface area contributed by atoms with Gasteiger partial charge in [0.25, 0.3) is 0 Å². The highest BCUT2D eigenvalue weighted by molar-refractivity contribution is 6.16. The van der Waals surface area contributed by atoms with Gasteiger partial charge >= 0.3 is 0 Å². The predicted octanol–water partition coefficient (Wildman–Crippen LogP) is 4.26. The van der Waals surface area contributed by atoms with E-state index in [9.17, 15) is 14.0 Å². The Morgan fingerprint density at radius 3 is 2.36 bits per heavy atom. The van der Waals surface area contributed by atoms with E-state index < -0.39 is 28.9 Å². The lowest BCUT2D eigenvalue weighted by Gasteiger charge is -2.32. The zero-order valence-electron chi connectivity index (χ0n) is 24.2. The zero-order chi connectivity index (χ0) is 30.8. The van der Waals surface area contributed by atoms with Gasteiger partial charge in [-0.1, -0.05) is 0 Å². The number of rotatable bonds is 10. The number of nitrogens with two attached hydrogens (primary N) is 1. The fourth-order valence-electron chi connectivity index (χ4n) is 5.23. The van der Waals surface area contributed by atoms with Crippen LogP contribution in [0.4, 0.5) is 20.2 Å². The molecule has 2 N–H and O–H groups in total. The van der Waals surface area contributed by atoms with Crippen molar-refractivity contribution in [2.45, 2.75) is 12.8 Å². The number of amides is 2. The maximum Gasteiger partial charge on any atom is 0.247 e. The second-order valence-electron chi connectivity index (χ2n) is 11.1. The number of primary amides is 1. The van der Waals surface area contributed by atoms with Crippen molar-refractivity contribution in [3.8, 4) is 17.4 Å². The molecule has 4 aromatic rings. The summed E-state index contributed by atoms with van der Waals surface area (Å²) in [5, 5.41) is 0.558. The third-order valence-corrected chi connectivity index (χ3v) is 8.13. The Balaban J connectivity index is 1.20. The number of anilines is 2. The van der Waals surface area contributed by atoms with Crippen molar-refractivity contribution in [1.29, 1.82) is 0 Å². The molecule has 228 valence electrons. The summed E-state index contributed by atoms with van der Waals surface area (Å²) in [4.78, 5) is 40.3. The number of hydrogen-bond acceptors (Lipinski definition) is 8. The lowest BCUT2D eigenvalue weighted by molar-refractivity contribution is -0.133. The number of fused-ring (bicyclic) bond motifs is 1. The van der Waals surface area contributed by atoms with Gasteiger partial charge in [0, 0.05) is 62.9 Å². The number of aromatic nitrogens is 2. The number of hydrogen-bond donors (Lipinski definition) is 1. The third-order valence-electron chi connectivity index (χ3n) is 8.13. The van der Waals surface area contributed by atoms with Gasteiger partial charge in [-0.2, -0.15) is 0 Å². The van der Waals surface area contributed by atoms with Gasteiger partial charge in [0.1, 0.15) is 23.6 Å². The van der Waals surface area contributed by atoms with Gasteiger partial charge in [0.05, 0.1) is 16.6 Å². The Hall–Kier alpha value is -4.68. The molecule has 0 spiro atoms. The second-order valence-corrected chi connectivity index (χ2v) is 11.1. The minimum atomic E-state index is -1.38. The van der Waals surface area contributed by atoms with E-state index in [0.717, 1.165) is 38.8 Å². The molecule has 0 bridgehead atoms. The highest BCUT2D eigenvalue weighted by Crippen LogP contribution is 2.49. The van der Waals surface area contributed by atoms with E-state index in [1.165, 1.54) is 41.3 Å².